The zero-order chi connectivity index (χ0) is 11.8. The van der Waals surface area contributed by atoms with Crippen LogP contribution in [0.4, 0.5) is 0 Å². The van der Waals surface area contributed by atoms with Crippen LogP contribution in [0.5, 0.6) is 0 Å². The maximum Gasteiger partial charge on any atom is 0.397 e. The number of nitrogens with one attached hydrogen (secondary N) is 1. The van der Waals surface area contributed by atoms with Gasteiger partial charge in [-0.1, -0.05) is 6.58 Å². The van der Waals surface area contributed by atoms with E-state index in [0.29, 0.717) is 12.1 Å². The quantitative estimate of drug-likeness (QED) is 0.526. The molecule has 0 aromatic rings. The standard InChI is InChI=1S/C6H11NO.CH4O4S/c1-4-7-6(8)5(2)3;1-5-6(2,3)4/h2,4H2,1,3H3,(H,7,8);1H3,(H,2,3,4). The van der Waals surface area contributed by atoms with Gasteiger partial charge in [0, 0.05) is 12.1 Å². The van der Waals surface area contributed by atoms with Gasteiger partial charge in [-0.15, -0.1) is 0 Å². The lowest BCUT2D eigenvalue weighted by molar-refractivity contribution is -0.117. The second-order valence-corrected chi connectivity index (χ2v) is 3.42. The smallest absolute Gasteiger partial charge is 0.353 e. The average molecular weight is 225 g/mol. The highest BCUT2D eigenvalue weighted by Crippen LogP contribution is 1.82. The Bertz CT molecular complexity index is 282. The first kappa shape index (κ1) is 15.5. The van der Waals surface area contributed by atoms with E-state index in [0.717, 1.165) is 7.11 Å². The van der Waals surface area contributed by atoms with Crippen LogP contribution in [-0.2, 0) is 19.4 Å². The molecule has 0 aliphatic heterocycles. The van der Waals surface area contributed by atoms with Gasteiger partial charge in [-0.25, -0.2) is 0 Å². The first-order valence-corrected chi connectivity index (χ1v) is 5.07. The molecule has 0 saturated carbocycles. The van der Waals surface area contributed by atoms with Crippen molar-refractivity contribution >= 4 is 16.3 Å². The predicted molar refractivity (Wildman–Crippen MR) is 52.1 cm³/mol. The van der Waals surface area contributed by atoms with Crippen LogP contribution in [0.15, 0.2) is 12.2 Å². The third-order valence-corrected chi connectivity index (χ3v) is 1.36. The third kappa shape index (κ3) is 13.7. The van der Waals surface area contributed by atoms with Crippen molar-refractivity contribution in [3.05, 3.63) is 12.2 Å². The van der Waals surface area contributed by atoms with Crippen LogP contribution in [0.3, 0.4) is 0 Å². The largest absolute Gasteiger partial charge is 0.397 e. The van der Waals surface area contributed by atoms with Crippen LogP contribution in [0.1, 0.15) is 13.8 Å². The molecule has 0 atom stereocenters. The number of hydrogen-bond acceptors (Lipinski definition) is 4. The monoisotopic (exact) mass is 225 g/mol. The lowest BCUT2D eigenvalue weighted by Crippen LogP contribution is -2.22. The van der Waals surface area contributed by atoms with E-state index in [1.165, 1.54) is 0 Å². The molecular weight excluding hydrogens is 210 g/mol. The fraction of sp³-hybridized carbons (Fsp3) is 0.571. The third-order valence-electron chi connectivity index (χ3n) is 0.936. The first-order valence-electron chi connectivity index (χ1n) is 3.71. The number of likely N-dealkylation sites (N-methyl/N-ethyl adjacent to an activating group) is 1. The van der Waals surface area contributed by atoms with E-state index in [1.807, 2.05) is 6.92 Å². The number of carbonyl (C=O) groups is 1. The molecule has 0 heterocycles. The van der Waals surface area contributed by atoms with E-state index < -0.39 is 10.4 Å². The maximum atomic E-state index is 10.5. The SMILES string of the molecule is C=C(C)C(=O)NCC.COS(=O)(=O)O. The predicted octanol–water partition coefficient (Wildman–Crippen LogP) is 0.134. The Morgan fingerprint density at radius 1 is 1.57 bits per heavy atom. The number of carbonyl (C=O) groups excluding carboxylic acids is 1. The fourth-order valence-corrected chi connectivity index (χ4v) is 0.311. The lowest BCUT2D eigenvalue weighted by atomic mass is 10.3. The molecule has 0 aromatic heterocycles. The van der Waals surface area contributed by atoms with Crippen LogP contribution in [0.25, 0.3) is 0 Å². The minimum atomic E-state index is -4.16. The van der Waals surface area contributed by atoms with Crippen molar-refractivity contribution in [1.29, 1.82) is 0 Å². The second kappa shape index (κ2) is 7.48. The Kier molecular flexibility index (Phi) is 8.31. The van der Waals surface area contributed by atoms with Crippen molar-refractivity contribution in [1.82, 2.24) is 5.32 Å². The molecule has 1 amide bonds. The molecule has 14 heavy (non-hydrogen) atoms. The summed E-state index contributed by atoms with van der Waals surface area (Å²) in [6.07, 6.45) is 0. The second-order valence-electron chi connectivity index (χ2n) is 2.23. The molecule has 0 aliphatic rings. The molecule has 0 fully saturated rings. The summed E-state index contributed by atoms with van der Waals surface area (Å²) in [4.78, 5) is 10.5. The van der Waals surface area contributed by atoms with E-state index in [2.05, 4.69) is 16.1 Å². The summed E-state index contributed by atoms with van der Waals surface area (Å²) in [5.74, 6) is -0.0625. The van der Waals surface area contributed by atoms with Gasteiger partial charge in [0.25, 0.3) is 0 Å². The van der Waals surface area contributed by atoms with Gasteiger partial charge in [0.1, 0.15) is 0 Å². The van der Waals surface area contributed by atoms with Crippen molar-refractivity contribution in [2.45, 2.75) is 13.8 Å². The zero-order valence-corrected chi connectivity index (χ0v) is 9.22. The highest BCUT2D eigenvalue weighted by molar-refractivity contribution is 7.80. The molecule has 0 aliphatic carbocycles. The highest BCUT2D eigenvalue weighted by Gasteiger charge is 1.95. The van der Waals surface area contributed by atoms with E-state index in [4.69, 9.17) is 4.55 Å². The molecule has 0 bridgehead atoms. The van der Waals surface area contributed by atoms with Crippen molar-refractivity contribution < 1.29 is 21.9 Å². The first-order chi connectivity index (χ1) is 6.24. The van der Waals surface area contributed by atoms with Gasteiger partial charge in [0.05, 0.1) is 7.11 Å². The molecule has 0 saturated heterocycles. The Hall–Kier alpha value is -0.920. The molecule has 84 valence electrons. The molecular formula is C7H15NO5S. The molecule has 0 spiro atoms. The topological polar surface area (TPSA) is 92.7 Å². The van der Waals surface area contributed by atoms with Crippen LogP contribution in [0.2, 0.25) is 0 Å². The van der Waals surface area contributed by atoms with Gasteiger partial charge < -0.3 is 5.32 Å². The molecule has 2 N–H and O–H groups in total. The van der Waals surface area contributed by atoms with Crippen LogP contribution >= 0.6 is 0 Å². The summed E-state index contributed by atoms with van der Waals surface area (Å²) in [6, 6.07) is 0. The van der Waals surface area contributed by atoms with E-state index in [1.54, 1.807) is 6.92 Å². The van der Waals surface area contributed by atoms with Gasteiger partial charge in [0.2, 0.25) is 5.91 Å². The van der Waals surface area contributed by atoms with Crippen molar-refractivity contribution in [3.8, 4) is 0 Å². The maximum absolute atomic E-state index is 10.5. The minimum Gasteiger partial charge on any atom is -0.353 e. The molecule has 0 rings (SSSR count). The Morgan fingerprint density at radius 3 is 2.00 bits per heavy atom. The summed E-state index contributed by atoms with van der Waals surface area (Å²) >= 11 is 0. The van der Waals surface area contributed by atoms with E-state index in [9.17, 15) is 13.2 Å². The molecule has 0 radical (unpaired) electrons. The Labute approximate surface area is 83.9 Å². The average Bonchev–Trinajstić information content (AvgIpc) is 2.04. The van der Waals surface area contributed by atoms with Crippen molar-refractivity contribution in [3.63, 3.8) is 0 Å². The summed E-state index contributed by atoms with van der Waals surface area (Å²) in [5.41, 5.74) is 0.562. The van der Waals surface area contributed by atoms with Crippen LogP contribution in [0, 0.1) is 0 Å². The van der Waals surface area contributed by atoms with Gasteiger partial charge in [-0.05, 0) is 13.8 Å². The van der Waals surface area contributed by atoms with E-state index in [-0.39, 0.29) is 5.91 Å². The van der Waals surface area contributed by atoms with Gasteiger partial charge >= 0.3 is 10.4 Å². The Balaban J connectivity index is 0. The zero-order valence-electron chi connectivity index (χ0n) is 8.40. The van der Waals surface area contributed by atoms with Gasteiger partial charge in [0.15, 0.2) is 0 Å². The normalized spacial score (nSPS) is 9.71. The number of rotatable bonds is 3. The lowest BCUT2D eigenvalue weighted by Gasteiger charge is -1.97. The number of hydrogen-bond donors (Lipinski definition) is 2. The molecule has 0 unspecified atom stereocenters. The number of amides is 1. The Morgan fingerprint density at radius 2 is 1.93 bits per heavy atom. The molecule has 6 nitrogen and oxygen atoms in total. The van der Waals surface area contributed by atoms with Gasteiger partial charge in [-0.2, -0.15) is 8.42 Å². The van der Waals surface area contributed by atoms with Crippen LogP contribution in [-0.4, -0.2) is 32.5 Å². The molecule has 7 heteroatoms. The summed E-state index contributed by atoms with van der Waals surface area (Å²) in [6.45, 7) is 7.70. The summed E-state index contributed by atoms with van der Waals surface area (Å²) < 4.78 is 29.7. The van der Waals surface area contributed by atoms with Crippen molar-refractivity contribution in [2.24, 2.45) is 0 Å². The van der Waals surface area contributed by atoms with Crippen molar-refractivity contribution in [2.75, 3.05) is 13.7 Å². The minimum absolute atomic E-state index is 0.0625. The van der Waals surface area contributed by atoms with E-state index >= 15 is 0 Å². The highest BCUT2D eigenvalue weighted by atomic mass is 32.3. The summed E-state index contributed by atoms with van der Waals surface area (Å²) in [7, 11) is -3.29. The van der Waals surface area contributed by atoms with Crippen LogP contribution < -0.4 is 5.32 Å². The van der Waals surface area contributed by atoms with Gasteiger partial charge in [-0.3, -0.25) is 13.5 Å². The fourth-order valence-electron chi connectivity index (χ4n) is 0.311. The molecule has 0 aromatic carbocycles. The summed E-state index contributed by atoms with van der Waals surface area (Å²) in [5, 5.41) is 2.61.